The minimum Gasteiger partial charge on any atom is -0.342 e. The van der Waals surface area contributed by atoms with E-state index in [1.54, 1.807) is 4.90 Å². The Morgan fingerprint density at radius 1 is 1.04 bits per heavy atom. The average Bonchev–Trinajstić information content (AvgIpc) is 3.30. The molecule has 1 aromatic heterocycles. The number of nitrogens with zero attached hydrogens (tertiary/aromatic N) is 4. The number of fused-ring (bicyclic) bond motifs is 1. The predicted molar refractivity (Wildman–Crippen MR) is 92.7 cm³/mol. The SMILES string of the molecule is NC1CN(C(=O)c2cnc3ccccc3n2)CC1C(=O)N1CCCC1. The summed E-state index contributed by atoms with van der Waals surface area (Å²) in [5.41, 5.74) is 7.89. The molecule has 2 aliphatic heterocycles. The third kappa shape index (κ3) is 2.95. The van der Waals surface area contributed by atoms with Crippen LogP contribution in [0.25, 0.3) is 11.0 Å². The number of likely N-dealkylation sites (tertiary alicyclic amines) is 2. The fourth-order valence-corrected chi connectivity index (χ4v) is 3.65. The van der Waals surface area contributed by atoms with Crippen molar-refractivity contribution in [2.45, 2.75) is 18.9 Å². The highest BCUT2D eigenvalue weighted by Gasteiger charge is 2.40. The molecule has 7 heteroatoms. The molecular weight excluding hydrogens is 318 g/mol. The van der Waals surface area contributed by atoms with Crippen LogP contribution in [0.2, 0.25) is 0 Å². The van der Waals surface area contributed by atoms with Crippen molar-refractivity contribution in [3.8, 4) is 0 Å². The van der Waals surface area contributed by atoms with Crippen molar-refractivity contribution >= 4 is 22.8 Å². The molecule has 2 atom stereocenters. The molecule has 2 fully saturated rings. The molecule has 0 bridgehead atoms. The topological polar surface area (TPSA) is 92.4 Å². The third-order valence-corrected chi connectivity index (χ3v) is 5.05. The van der Waals surface area contributed by atoms with Gasteiger partial charge in [0.1, 0.15) is 5.69 Å². The van der Waals surface area contributed by atoms with E-state index >= 15 is 0 Å². The van der Waals surface area contributed by atoms with Crippen LogP contribution in [0, 0.1) is 5.92 Å². The average molecular weight is 339 g/mol. The Kier molecular flexibility index (Phi) is 4.09. The molecule has 4 rings (SSSR count). The quantitative estimate of drug-likeness (QED) is 0.867. The highest BCUT2D eigenvalue weighted by molar-refractivity contribution is 5.94. The summed E-state index contributed by atoms with van der Waals surface area (Å²) in [7, 11) is 0. The van der Waals surface area contributed by atoms with Crippen molar-refractivity contribution in [3.05, 3.63) is 36.2 Å². The van der Waals surface area contributed by atoms with Crippen LogP contribution in [0.5, 0.6) is 0 Å². The number of rotatable bonds is 2. The number of amides is 2. The lowest BCUT2D eigenvalue weighted by molar-refractivity contribution is -0.134. The van der Waals surface area contributed by atoms with Gasteiger partial charge in [0.05, 0.1) is 23.1 Å². The van der Waals surface area contributed by atoms with E-state index in [-0.39, 0.29) is 23.8 Å². The van der Waals surface area contributed by atoms with Crippen molar-refractivity contribution < 1.29 is 9.59 Å². The highest BCUT2D eigenvalue weighted by atomic mass is 16.2. The van der Waals surface area contributed by atoms with E-state index in [9.17, 15) is 9.59 Å². The van der Waals surface area contributed by atoms with Crippen molar-refractivity contribution in [3.63, 3.8) is 0 Å². The predicted octanol–water partition coefficient (Wildman–Crippen LogP) is 0.651. The van der Waals surface area contributed by atoms with Crippen molar-refractivity contribution in [2.24, 2.45) is 11.7 Å². The summed E-state index contributed by atoms with van der Waals surface area (Å²) in [5.74, 6) is -0.467. The van der Waals surface area contributed by atoms with Crippen LogP contribution in [0.15, 0.2) is 30.5 Å². The first-order valence-corrected chi connectivity index (χ1v) is 8.69. The zero-order valence-corrected chi connectivity index (χ0v) is 14.0. The lowest BCUT2D eigenvalue weighted by Gasteiger charge is -2.21. The van der Waals surface area contributed by atoms with Gasteiger partial charge in [-0.15, -0.1) is 0 Å². The highest BCUT2D eigenvalue weighted by Crippen LogP contribution is 2.22. The number of hydrogen-bond donors (Lipinski definition) is 1. The van der Waals surface area contributed by atoms with E-state index in [1.807, 2.05) is 29.2 Å². The normalized spacial score (nSPS) is 23.4. The third-order valence-electron chi connectivity index (χ3n) is 5.05. The summed E-state index contributed by atoms with van der Waals surface area (Å²) >= 11 is 0. The first-order valence-electron chi connectivity index (χ1n) is 8.69. The molecule has 7 nitrogen and oxygen atoms in total. The van der Waals surface area contributed by atoms with Crippen molar-refractivity contribution in [1.82, 2.24) is 19.8 Å². The second kappa shape index (κ2) is 6.40. The number of benzene rings is 1. The Morgan fingerprint density at radius 2 is 1.76 bits per heavy atom. The Labute approximate surface area is 145 Å². The second-order valence-corrected chi connectivity index (χ2v) is 6.76. The number of carbonyl (C=O) groups excluding carboxylic acids is 2. The van der Waals surface area contributed by atoms with E-state index in [2.05, 4.69) is 9.97 Å². The lowest BCUT2D eigenvalue weighted by Crippen LogP contribution is -2.42. The molecule has 2 N–H and O–H groups in total. The van der Waals surface area contributed by atoms with Gasteiger partial charge in [-0.2, -0.15) is 0 Å². The van der Waals surface area contributed by atoms with E-state index < -0.39 is 0 Å². The summed E-state index contributed by atoms with van der Waals surface area (Å²) in [6, 6.07) is 7.10. The van der Waals surface area contributed by atoms with Gasteiger partial charge >= 0.3 is 0 Å². The van der Waals surface area contributed by atoms with Gasteiger partial charge in [0.15, 0.2) is 0 Å². The summed E-state index contributed by atoms with van der Waals surface area (Å²) in [6.07, 6.45) is 3.58. The van der Waals surface area contributed by atoms with Crippen LogP contribution in [-0.4, -0.2) is 63.8 Å². The maximum atomic E-state index is 12.8. The first kappa shape index (κ1) is 16.0. The second-order valence-electron chi connectivity index (χ2n) is 6.76. The number of para-hydroxylation sites is 2. The van der Waals surface area contributed by atoms with E-state index in [0.29, 0.717) is 24.3 Å². The molecule has 1 aromatic carbocycles. The summed E-state index contributed by atoms with van der Waals surface area (Å²) in [6.45, 7) is 2.32. The van der Waals surface area contributed by atoms with Gasteiger partial charge < -0.3 is 15.5 Å². The van der Waals surface area contributed by atoms with Gasteiger partial charge in [0.25, 0.3) is 5.91 Å². The molecule has 2 amide bonds. The van der Waals surface area contributed by atoms with Gasteiger partial charge in [-0.3, -0.25) is 14.6 Å². The molecule has 0 aliphatic carbocycles. The molecule has 25 heavy (non-hydrogen) atoms. The molecule has 130 valence electrons. The Morgan fingerprint density at radius 3 is 2.52 bits per heavy atom. The van der Waals surface area contributed by atoms with Crippen LogP contribution < -0.4 is 5.73 Å². The largest absolute Gasteiger partial charge is 0.342 e. The maximum Gasteiger partial charge on any atom is 0.274 e. The molecule has 2 aromatic rings. The van der Waals surface area contributed by atoms with Gasteiger partial charge in [0.2, 0.25) is 5.91 Å². The fourth-order valence-electron chi connectivity index (χ4n) is 3.65. The van der Waals surface area contributed by atoms with Crippen LogP contribution in [0.4, 0.5) is 0 Å². The smallest absolute Gasteiger partial charge is 0.274 e. The van der Waals surface area contributed by atoms with Crippen molar-refractivity contribution in [1.29, 1.82) is 0 Å². The number of hydrogen-bond acceptors (Lipinski definition) is 5. The maximum absolute atomic E-state index is 12.8. The van der Waals surface area contributed by atoms with Gasteiger partial charge in [-0.25, -0.2) is 4.98 Å². The van der Waals surface area contributed by atoms with Gasteiger partial charge in [-0.1, -0.05) is 12.1 Å². The zero-order valence-electron chi connectivity index (χ0n) is 14.0. The molecule has 0 radical (unpaired) electrons. The van der Waals surface area contributed by atoms with Crippen molar-refractivity contribution in [2.75, 3.05) is 26.2 Å². The van der Waals surface area contributed by atoms with E-state index in [0.717, 1.165) is 31.4 Å². The van der Waals surface area contributed by atoms with Crippen LogP contribution in [0.3, 0.4) is 0 Å². The first-order chi connectivity index (χ1) is 12.1. The monoisotopic (exact) mass is 339 g/mol. The van der Waals surface area contributed by atoms with Crippen LogP contribution >= 0.6 is 0 Å². The molecule has 0 spiro atoms. The lowest BCUT2D eigenvalue weighted by atomic mass is 10.0. The fraction of sp³-hybridized carbons (Fsp3) is 0.444. The number of nitrogens with two attached hydrogens (primary N) is 1. The molecule has 2 saturated heterocycles. The summed E-state index contributed by atoms with van der Waals surface area (Å²) in [5, 5.41) is 0. The number of carbonyl (C=O) groups is 2. The Balaban J connectivity index is 1.51. The number of aromatic nitrogens is 2. The summed E-state index contributed by atoms with van der Waals surface area (Å²) < 4.78 is 0. The minimum absolute atomic E-state index is 0.0740. The summed E-state index contributed by atoms with van der Waals surface area (Å²) in [4.78, 5) is 37.6. The minimum atomic E-state index is -0.328. The molecule has 2 unspecified atom stereocenters. The molecule has 0 saturated carbocycles. The Hall–Kier alpha value is -2.54. The van der Waals surface area contributed by atoms with Gasteiger partial charge in [0, 0.05) is 32.2 Å². The van der Waals surface area contributed by atoms with E-state index in [1.165, 1.54) is 6.20 Å². The van der Waals surface area contributed by atoms with Crippen LogP contribution in [-0.2, 0) is 4.79 Å². The molecule has 3 heterocycles. The Bertz CT molecular complexity index is 818. The molecule has 2 aliphatic rings. The molecular formula is C18H21N5O2. The van der Waals surface area contributed by atoms with Crippen LogP contribution in [0.1, 0.15) is 23.3 Å². The standard InChI is InChI=1S/C18H21N5O2/c19-13-11-23(10-12(13)17(24)22-7-3-4-8-22)18(25)16-9-20-14-5-1-2-6-15(14)21-16/h1-2,5-6,9,12-13H,3-4,7-8,10-11,19H2. The van der Waals surface area contributed by atoms with Gasteiger partial charge in [-0.05, 0) is 25.0 Å². The van der Waals surface area contributed by atoms with E-state index in [4.69, 9.17) is 5.73 Å². The zero-order chi connectivity index (χ0) is 17.4.